The van der Waals surface area contributed by atoms with Crippen LogP contribution in [0.15, 0.2) is 77.6 Å². The minimum Gasteiger partial charge on any atom is -0.460 e. The molecule has 6 rings (SSSR count). The van der Waals surface area contributed by atoms with Gasteiger partial charge in [0.2, 0.25) is 11.8 Å². The number of hydrogen-bond donors (Lipinski definition) is 3. The van der Waals surface area contributed by atoms with E-state index in [-0.39, 0.29) is 62.3 Å². The van der Waals surface area contributed by atoms with Crippen molar-refractivity contribution in [3.8, 4) is 11.4 Å². The second-order valence-electron chi connectivity index (χ2n) is 14.5. The molecular weight excluding hydrogens is 739 g/mol. The van der Waals surface area contributed by atoms with Gasteiger partial charge in [0.25, 0.3) is 5.91 Å². The van der Waals surface area contributed by atoms with Gasteiger partial charge in [-0.1, -0.05) is 48.9 Å². The van der Waals surface area contributed by atoms with Crippen LogP contribution in [0.25, 0.3) is 17.0 Å². The summed E-state index contributed by atoms with van der Waals surface area (Å²) in [6.07, 6.45) is 14.3. The molecule has 3 N–H and O–H groups in total. The van der Waals surface area contributed by atoms with Gasteiger partial charge in [-0.05, 0) is 31.8 Å². The number of fused-ring (bicyclic) bond motifs is 4. The van der Waals surface area contributed by atoms with E-state index in [0.717, 1.165) is 6.26 Å². The number of oxazole rings is 1. The summed E-state index contributed by atoms with van der Waals surface area (Å²) in [6.45, 7) is 6.36. The third-order valence-corrected chi connectivity index (χ3v) is 9.67. The molecule has 17 nitrogen and oxygen atoms in total. The summed E-state index contributed by atoms with van der Waals surface area (Å²) in [6, 6.07) is -0.933. The minimum absolute atomic E-state index is 0.00833. The number of carbonyl (C=O) groups is 4. The van der Waals surface area contributed by atoms with Crippen molar-refractivity contribution in [2.45, 2.75) is 83.8 Å². The fraction of sp³-hybridized carbons (Fsp3) is 0.462. The van der Waals surface area contributed by atoms with E-state index in [4.69, 9.17) is 9.15 Å². The zero-order chi connectivity index (χ0) is 40.5. The molecule has 2 bridgehead atoms. The van der Waals surface area contributed by atoms with Gasteiger partial charge in [0.1, 0.15) is 36.0 Å². The number of nitrogens with zero attached hydrogens (tertiary/aromatic N) is 8. The maximum Gasteiger partial charge on any atom is 0.329 e. The quantitative estimate of drug-likeness (QED) is 0.231. The molecule has 1 saturated heterocycles. The number of rotatable bonds is 7. The predicted octanol–water partition coefficient (Wildman–Crippen LogP) is 2.79. The highest BCUT2D eigenvalue weighted by atomic mass is 19.1. The molecule has 4 aromatic heterocycles. The number of carbonyl (C=O) groups excluding carboxylic acids is 4. The molecule has 57 heavy (non-hydrogen) atoms. The van der Waals surface area contributed by atoms with Gasteiger partial charge in [0, 0.05) is 57.0 Å². The molecule has 1 fully saturated rings. The molecule has 2 aliphatic heterocycles. The lowest BCUT2D eigenvalue weighted by Crippen LogP contribution is -2.44. The van der Waals surface area contributed by atoms with Crippen LogP contribution in [-0.4, -0.2) is 112 Å². The third kappa shape index (κ3) is 10.8. The van der Waals surface area contributed by atoms with Crippen molar-refractivity contribution in [1.29, 1.82) is 0 Å². The van der Waals surface area contributed by atoms with Crippen molar-refractivity contribution < 1.29 is 37.8 Å². The number of halogens is 1. The Hall–Kier alpha value is -6.04. The van der Waals surface area contributed by atoms with E-state index in [0.29, 0.717) is 42.0 Å². The second-order valence-corrected chi connectivity index (χ2v) is 14.5. The molecule has 2 aliphatic rings. The van der Waals surface area contributed by atoms with Gasteiger partial charge in [0.15, 0.2) is 17.2 Å². The molecule has 0 radical (unpaired) electrons. The Morgan fingerprint density at radius 2 is 1.98 bits per heavy atom. The van der Waals surface area contributed by atoms with E-state index in [9.17, 15) is 28.7 Å². The summed E-state index contributed by atoms with van der Waals surface area (Å²) in [5.74, 6) is -3.02. The minimum atomic E-state index is -1.50. The Bertz CT molecular complexity index is 2140. The van der Waals surface area contributed by atoms with Crippen LogP contribution in [0.3, 0.4) is 0 Å². The van der Waals surface area contributed by atoms with Gasteiger partial charge in [-0.25, -0.2) is 24.1 Å². The smallest absolute Gasteiger partial charge is 0.329 e. The number of imidazole rings is 1. The number of hydrogen-bond acceptors (Lipinski definition) is 12. The summed E-state index contributed by atoms with van der Waals surface area (Å²) in [7, 11) is 0. The lowest BCUT2D eigenvalue weighted by atomic mass is 9.89. The number of alkyl halides is 1. The van der Waals surface area contributed by atoms with Crippen LogP contribution in [0, 0.1) is 11.8 Å². The number of aromatic nitrogens is 7. The van der Waals surface area contributed by atoms with Crippen LogP contribution in [-0.2, 0) is 32.1 Å². The van der Waals surface area contributed by atoms with Crippen LogP contribution in [0.1, 0.15) is 62.8 Å². The maximum absolute atomic E-state index is 14.9. The number of aliphatic hydroxyl groups excluding tert-OH is 1. The molecule has 6 heterocycles. The summed E-state index contributed by atoms with van der Waals surface area (Å²) < 4.78 is 29.8. The number of ether oxygens (including phenoxy) is 1. The van der Waals surface area contributed by atoms with Gasteiger partial charge >= 0.3 is 5.97 Å². The number of allylic oxidation sites excluding steroid dienone is 2. The molecule has 4 aromatic rings. The summed E-state index contributed by atoms with van der Waals surface area (Å²) in [5.41, 5.74) is 2.44. The molecule has 302 valence electrons. The summed E-state index contributed by atoms with van der Waals surface area (Å²) >= 11 is 0. The highest BCUT2D eigenvalue weighted by molar-refractivity contribution is 5.95. The SMILES string of the molecule is CC1=CC(O)CC(F)Cc2nc(co2)C(=O)N2CCCC2C(=O)OC(C(C)C)C(CC(=O)NCCn2cc(-c3cn4ccnc4cn3)nn2)/C=C/C(=O)NCC=C1. The van der Waals surface area contributed by atoms with Crippen molar-refractivity contribution >= 4 is 29.3 Å². The van der Waals surface area contributed by atoms with E-state index < -0.39 is 48.1 Å². The molecule has 0 aliphatic carbocycles. The zero-order valence-corrected chi connectivity index (χ0v) is 32.0. The first-order chi connectivity index (χ1) is 27.4. The third-order valence-electron chi connectivity index (χ3n) is 9.67. The van der Waals surface area contributed by atoms with Crippen molar-refractivity contribution in [3.63, 3.8) is 0 Å². The average molecular weight is 787 g/mol. The average Bonchev–Trinajstić information content (AvgIpc) is 4.01. The molecule has 3 amide bonds. The Labute approximate surface area is 328 Å². The van der Waals surface area contributed by atoms with Crippen molar-refractivity contribution in [2.24, 2.45) is 11.8 Å². The van der Waals surface area contributed by atoms with Gasteiger partial charge in [-0.2, -0.15) is 0 Å². The first-order valence-corrected chi connectivity index (χ1v) is 19.0. The molecule has 18 heteroatoms. The Morgan fingerprint density at radius 3 is 2.81 bits per heavy atom. The van der Waals surface area contributed by atoms with Crippen LogP contribution >= 0.6 is 0 Å². The van der Waals surface area contributed by atoms with E-state index in [1.165, 1.54) is 17.1 Å². The van der Waals surface area contributed by atoms with Gasteiger partial charge in [-0.3, -0.25) is 19.1 Å². The van der Waals surface area contributed by atoms with E-state index in [1.54, 1.807) is 60.8 Å². The highest BCUT2D eigenvalue weighted by Crippen LogP contribution is 2.27. The molecule has 0 saturated carbocycles. The van der Waals surface area contributed by atoms with Crippen LogP contribution in [0.2, 0.25) is 0 Å². The second kappa shape index (κ2) is 18.7. The fourth-order valence-electron chi connectivity index (χ4n) is 6.84. The molecule has 0 aromatic carbocycles. The molecule has 0 spiro atoms. The monoisotopic (exact) mass is 786 g/mol. The topological polar surface area (TPSA) is 212 Å². The van der Waals surface area contributed by atoms with Crippen LogP contribution < -0.4 is 10.6 Å². The fourth-order valence-corrected chi connectivity index (χ4v) is 6.84. The Balaban J connectivity index is 1.16. The molecule has 5 atom stereocenters. The van der Waals surface area contributed by atoms with Gasteiger partial charge in [-0.15, -0.1) is 5.10 Å². The van der Waals surface area contributed by atoms with E-state index in [1.807, 2.05) is 18.2 Å². The maximum atomic E-state index is 14.9. The number of cyclic esters (lactones) is 1. The zero-order valence-electron chi connectivity index (χ0n) is 32.0. The first-order valence-electron chi connectivity index (χ1n) is 19.0. The van der Waals surface area contributed by atoms with E-state index >= 15 is 0 Å². The largest absolute Gasteiger partial charge is 0.460 e. The summed E-state index contributed by atoms with van der Waals surface area (Å²) in [4.78, 5) is 67.8. The van der Waals surface area contributed by atoms with Gasteiger partial charge in [0.05, 0.1) is 31.5 Å². The number of esters is 1. The number of amides is 3. The Morgan fingerprint density at radius 1 is 1.14 bits per heavy atom. The predicted molar refractivity (Wildman–Crippen MR) is 203 cm³/mol. The van der Waals surface area contributed by atoms with E-state index in [2.05, 4.69) is 35.9 Å². The lowest BCUT2D eigenvalue weighted by Gasteiger charge is -2.30. The van der Waals surface area contributed by atoms with Gasteiger partial charge < -0.3 is 34.2 Å². The lowest BCUT2D eigenvalue weighted by molar-refractivity contribution is -0.159. The summed E-state index contributed by atoms with van der Waals surface area (Å²) in [5, 5.41) is 24.4. The van der Waals surface area contributed by atoms with Crippen molar-refractivity contribution in [3.05, 3.63) is 84.8 Å². The number of aliphatic hydroxyl groups is 1. The standard InChI is InChI=1S/C39H47FN10O7/c1-24(2)37-26(17-35(53)43-12-15-49-22-30(46-47-49)29-21-48-14-11-41-33(48)20-44-29)8-9-34(52)42-10-4-6-25(3)16-28(51)18-27(40)19-36-45-31(23-56-36)38(54)50-13-5-7-32(50)39(55)57-37/h4,6,8-9,11,14,16,20-24,26-28,32,37,51H,5,7,10,12-13,15,17-19H2,1-3H3,(H,42,52)(H,43,53)/b6-4?,9-8+,25-16?. The van der Waals surface area contributed by atoms with Crippen LogP contribution in [0.4, 0.5) is 4.39 Å². The van der Waals surface area contributed by atoms with Crippen molar-refractivity contribution in [1.82, 2.24) is 49.9 Å². The number of nitrogens with one attached hydrogen (secondary N) is 2. The van der Waals surface area contributed by atoms with Crippen LogP contribution in [0.5, 0.6) is 0 Å². The molecular formula is C39H47FN10O7. The molecule has 5 unspecified atom stereocenters. The Kier molecular flexibility index (Phi) is 13.3. The van der Waals surface area contributed by atoms with Crippen molar-refractivity contribution in [2.75, 3.05) is 19.6 Å². The first kappa shape index (κ1) is 40.6. The normalized spacial score (nSPS) is 23.5. The highest BCUT2D eigenvalue weighted by Gasteiger charge is 2.39.